The third-order valence-electron chi connectivity index (χ3n) is 2.45. The first-order chi connectivity index (χ1) is 8.50. The Balaban J connectivity index is 2.61. The van der Waals surface area contributed by atoms with Crippen LogP contribution >= 0.6 is 0 Å². The van der Waals surface area contributed by atoms with Gasteiger partial charge in [0.15, 0.2) is 0 Å². The Kier molecular flexibility index (Phi) is 2.76. The number of nitro benzene ring substituents is 1. The van der Waals surface area contributed by atoms with E-state index in [0.717, 1.165) is 6.20 Å². The number of aryl methyl sites for hydroxylation is 1. The highest BCUT2D eigenvalue weighted by Crippen LogP contribution is 2.30. The molecular weight excluding hydrogens is 240 g/mol. The van der Waals surface area contributed by atoms with Gasteiger partial charge in [-0.2, -0.15) is 5.10 Å². The second-order valence-electron chi connectivity index (χ2n) is 3.57. The minimum Gasteiger partial charge on any atom is -0.261 e. The van der Waals surface area contributed by atoms with Gasteiger partial charge in [0.05, 0.1) is 9.85 Å². The molecule has 8 nitrogen and oxygen atoms in total. The van der Waals surface area contributed by atoms with Crippen LogP contribution in [0.5, 0.6) is 0 Å². The van der Waals surface area contributed by atoms with Gasteiger partial charge in [-0.3, -0.25) is 24.9 Å². The van der Waals surface area contributed by atoms with Gasteiger partial charge in [0, 0.05) is 24.7 Å². The summed E-state index contributed by atoms with van der Waals surface area (Å²) in [5.74, 6) is 0. The van der Waals surface area contributed by atoms with Gasteiger partial charge >= 0.3 is 5.69 Å². The lowest BCUT2D eigenvalue weighted by molar-refractivity contribution is -0.385. The highest BCUT2D eigenvalue weighted by atomic mass is 16.6. The Morgan fingerprint density at radius 3 is 2.56 bits per heavy atom. The smallest absolute Gasteiger partial charge is 0.261 e. The summed E-state index contributed by atoms with van der Waals surface area (Å²) < 4.78 is 1.32. The Bertz CT molecular complexity index is 635. The van der Waals surface area contributed by atoms with Crippen molar-refractivity contribution in [1.29, 1.82) is 0 Å². The van der Waals surface area contributed by atoms with Crippen molar-refractivity contribution in [2.24, 2.45) is 7.05 Å². The molecule has 0 bridgehead atoms. The summed E-state index contributed by atoms with van der Waals surface area (Å²) in [6.07, 6.45) is 1.12. The topological polar surface area (TPSA) is 104 Å². The monoisotopic (exact) mass is 248 g/mol. The lowest BCUT2D eigenvalue weighted by Gasteiger charge is -2.01. The van der Waals surface area contributed by atoms with Gasteiger partial charge < -0.3 is 0 Å². The SMILES string of the molecule is Cn1ncc([N+](=O)[O-])c1-c1cccc([N+](=O)[O-])c1. The maximum Gasteiger partial charge on any atom is 0.314 e. The van der Waals surface area contributed by atoms with Gasteiger partial charge in [0.25, 0.3) is 5.69 Å². The van der Waals surface area contributed by atoms with E-state index < -0.39 is 9.85 Å². The number of nitro groups is 2. The molecule has 0 fully saturated rings. The minimum atomic E-state index is -0.568. The van der Waals surface area contributed by atoms with Crippen LogP contribution in [0.3, 0.4) is 0 Å². The fourth-order valence-electron chi connectivity index (χ4n) is 1.66. The third kappa shape index (κ3) is 1.90. The van der Waals surface area contributed by atoms with Gasteiger partial charge in [0.1, 0.15) is 11.9 Å². The second kappa shape index (κ2) is 4.24. The summed E-state index contributed by atoms with van der Waals surface area (Å²) >= 11 is 0. The summed E-state index contributed by atoms with van der Waals surface area (Å²) in [7, 11) is 1.54. The van der Waals surface area contributed by atoms with E-state index in [1.165, 1.54) is 22.9 Å². The zero-order valence-electron chi connectivity index (χ0n) is 9.31. The van der Waals surface area contributed by atoms with E-state index in [1.54, 1.807) is 13.1 Å². The number of benzene rings is 1. The normalized spacial score (nSPS) is 10.3. The van der Waals surface area contributed by atoms with Gasteiger partial charge in [-0.1, -0.05) is 12.1 Å². The zero-order valence-corrected chi connectivity index (χ0v) is 9.31. The van der Waals surface area contributed by atoms with Crippen molar-refractivity contribution in [3.8, 4) is 11.3 Å². The Labute approximate surface area is 101 Å². The molecule has 0 aliphatic rings. The predicted molar refractivity (Wildman–Crippen MR) is 62.0 cm³/mol. The van der Waals surface area contributed by atoms with Crippen LogP contribution in [0.15, 0.2) is 30.5 Å². The average molecular weight is 248 g/mol. The molecule has 1 aromatic heterocycles. The van der Waals surface area contributed by atoms with E-state index in [0.29, 0.717) is 5.56 Å². The average Bonchev–Trinajstić information content (AvgIpc) is 2.71. The standard InChI is InChI=1S/C10H8N4O4/c1-12-10(9(6-11-12)14(17)18)7-3-2-4-8(5-7)13(15)16/h2-6H,1H3. The molecule has 18 heavy (non-hydrogen) atoms. The molecule has 0 aliphatic heterocycles. The zero-order chi connectivity index (χ0) is 13.3. The summed E-state index contributed by atoms with van der Waals surface area (Å²) in [6, 6.07) is 5.65. The Morgan fingerprint density at radius 1 is 1.22 bits per heavy atom. The van der Waals surface area contributed by atoms with Crippen molar-refractivity contribution >= 4 is 11.4 Å². The van der Waals surface area contributed by atoms with Crippen LogP contribution in [-0.2, 0) is 7.05 Å². The van der Waals surface area contributed by atoms with E-state index in [9.17, 15) is 20.2 Å². The van der Waals surface area contributed by atoms with E-state index in [4.69, 9.17) is 0 Å². The van der Waals surface area contributed by atoms with Crippen molar-refractivity contribution in [3.63, 3.8) is 0 Å². The molecule has 0 radical (unpaired) electrons. The van der Waals surface area contributed by atoms with E-state index >= 15 is 0 Å². The predicted octanol–water partition coefficient (Wildman–Crippen LogP) is 1.90. The van der Waals surface area contributed by atoms with Crippen LogP contribution in [-0.4, -0.2) is 19.6 Å². The largest absolute Gasteiger partial charge is 0.314 e. The summed E-state index contributed by atoms with van der Waals surface area (Å²) in [5, 5.41) is 25.3. The van der Waals surface area contributed by atoms with Gasteiger partial charge in [-0.05, 0) is 0 Å². The fourth-order valence-corrected chi connectivity index (χ4v) is 1.66. The summed E-state index contributed by atoms with van der Waals surface area (Å²) in [4.78, 5) is 20.4. The Morgan fingerprint density at radius 2 is 1.94 bits per heavy atom. The van der Waals surface area contributed by atoms with E-state index in [2.05, 4.69) is 5.10 Å². The molecule has 92 valence electrons. The van der Waals surface area contributed by atoms with Crippen molar-refractivity contribution in [1.82, 2.24) is 9.78 Å². The number of rotatable bonds is 3. The molecule has 2 rings (SSSR count). The van der Waals surface area contributed by atoms with Crippen LogP contribution in [0.2, 0.25) is 0 Å². The van der Waals surface area contributed by atoms with Crippen molar-refractivity contribution in [3.05, 3.63) is 50.7 Å². The number of aromatic nitrogens is 2. The van der Waals surface area contributed by atoms with Gasteiger partial charge in [-0.15, -0.1) is 0 Å². The first kappa shape index (κ1) is 11.7. The molecule has 0 unspecified atom stereocenters. The Hall–Kier alpha value is -2.77. The quantitative estimate of drug-likeness (QED) is 0.609. The lowest BCUT2D eigenvalue weighted by Crippen LogP contribution is -1.97. The molecule has 0 aliphatic carbocycles. The number of nitrogens with zero attached hydrogens (tertiary/aromatic N) is 4. The highest BCUT2D eigenvalue weighted by Gasteiger charge is 2.21. The maximum absolute atomic E-state index is 10.8. The van der Waals surface area contributed by atoms with Crippen LogP contribution in [0.1, 0.15) is 0 Å². The molecule has 1 heterocycles. The molecule has 8 heteroatoms. The van der Waals surface area contributed by atoms with Gasteiger partial charge in [-0.25, -0.2) is 0 Å². The van der Waals surface area contributed by atoms with Crippen LogP contribution in [0.4, 0.5) is 11.4 Å². The van der Waals surface area contributed by atoms with E-state index in [-0.39, 0.29) is 17.1 Å². The molecular formula is C10H8N4O4. The minimum absolute atomic E-state index is 0.122. The molecule has 0 saturated carbocycles. The molecule has 0 atom stereocenters. The summed E-state index contributed by atoms with van der Waals surface area (Å²) in [6.45, 7) is 0. The van der Waals surface area contributed by atoms with Crippen molar-refractivity contribution < 1.29 is 9.85 Å². The molecule has 0 saturated heterocycles. The van der Waals surface area contributed by atoms with E-state index in [1.807, 2.05) is 0 Å². The van der Waals surface area contributed by atoms with Crippen LogP contribution < -0.4 is 0 Å². The fraction of sp³-hybridized carbons (Fsp3) is 0.100. The lowest BCUT2D eigenvalue weighted by atomic mass is 10.1. The van der Waals surface area contributed by atoms with Gasteiger partial charge in [0.2, 0.25) is 0 Å². The first-order valence-corrected chi connectivity index (χ1v) is 4.92. The number of non-ortho nitro benzene ring substituents is 1. The number of hydrogen-bond acceptors (Lipinski definition) is 5. The van der Waals surface area contributed by atoms with Crippen molar-refractivity contribution in [2.75, 3.05) is 0 Å². The van der Waals surface area contributed by atoms with Crippen LogP contribution in [0.25, 0.3) is 11.3 Å². The maximum atomic E-state index is 10.8. The first-order valence-electron chi connectivity index (χ1n) is 4.92. The third-order valence-corrected chi connectivity index (χ3v) is 2.45. The summed E-state index contributed by atoms with van der Waals surface area (Å²) in [5.41, 5.74) is 0.320. The molecule has 2 aromatic rings. The molecule has 1 aromatic carbocycles. The molecule has 0 spiro atoms. The highest BCUT2D eigenvalue weighted by molar-refractivity contribution is 5.71. The molecule has 0 amide bonds. The van der Waals surface area contributed by atoms with Crippen LogP contribution in [0, 0.1) is 20.2 Å². The number of hydrogen-bond donors (Lipinski definition) is 0. The molecule has 0 N–H and O–H groups in total. The van der Waals surface area contributed by atoms with Crippen molar-refractivity contribution in [2.45, 2.75) is 0 Å². The second-order valence-corrected chi connectivity index (χ2v) is 3.57.